The summed E-state index contributed by atoms with van der Waals surface area (Å²) in [6, 6.07) is 9.81. The van der Waals surface area contributed by atoms with E-state index < -0.39 is 24.2 Å². The summed E-state index contributed by atoms with van der Waals surface area (Å²) in [5, 5.41) is 5.13. The van der Waals surface area contributed by atoms with E-state index in [-0.39, 0.29) is 16.5 Å². The van der Waals surface area contributed by atoms with Crippen LogP contribution in [0.3, 0.4) is 0 Å². The lowest BCUT2D eigenvalue weighted by molar-refractivity contribution is -0.275. The summed E-state index contributed by atoms with van der Waals surface area (Å²) < 4.78 is 80.8. The standard InChI is InChI=1S/C15H10F6N2O2S/c16-14(17,18)24-11-5-1-3-9(7-11)22-13(26)23-10-4-2-6-12(8-10)25-15(19,20)21/h1-8H,(H2,22,23,26). The van der Waals surface area contributed by atoms with Crippen LogP contribution < -0.4 is 20.1 Å². The first-order chi connectivity index (χ1) is 12.0. The summed E-state index contributed by atoms with van der Waals surface area (Å²) in [7, 11) is 0. The van der Waals surface area contributed by atoms with Crippen molar-refractivity contribution in [2.75, 3.05) is 10.6 Å². The second-order valence-corrected chi connectivity index (χ2v) is 5.14. The molecule has 0 bridgehead atoms. The lowest BCUT2D eigenvalue weighted by Crippen LogP contribution is -2.20. The Labute approximate surface area is 148 Å². The van der Waals surface area contributed by atoms with E-state index in [0.717, 1.165) is 24.3 Å². The van der Waals surface area contributed by atoms with E-state index in [9.17, 15) is 26.3 Å². The van der Waals surface area contributed by atoms with Crippen LogP contribution >= 0.6 is 12.2 Å². The highest BCUT2D eigenvalue weighted by Gasteiger charge is 2.31. The number of alkyl halides is 6. The monoisotopic (exact) mass is 396 g/mol. The quantitative estimate of drug-likeness (QED) is 0.543. The maximum Gasteiger partial charge on any atom is 0.573 e. The van der Waals surface area contributed by atoms with Gasteiger partial charge in [-0.3, -0.25) is 0 Å². The molecule has 2 N–H and O–H groups in total. The molecule has 0 heterocycles. The van der Waals surface area contributed by atoms with Crippen molar-refractivity contribution in [3.63, 3.8) is 0 Å². The van der Waals surface area contributed by atoms with Gasteiger partial charge in [0.05, 0.1) is 0 Å². The molecule has 0 aliphatic rings. The Morgan fingerprint density at radius 3 is 1.46 bits per heavy atom. The predicted octanol–water partition coefficient (Wildman–Crippen LogP) is 5.29. The molecule has 0 fully saturated rings. The SMILES string of the molecule is FC(F)(F)Oc1cccc(NC(=S)Nc2cccc(OC(F)(F)F)c2)c1. The van der Waals surface area contributed by atoms with Gasteiger partial charge in [0.25, 0.3) is 0 Å². The minimum atomic E-state index is -4.84. The number of hydrogen-bond acceptors (Lipinski definition) is 3. The van der Waals surface area contributed by atoms with Crippen molar-refractivity contribution in [2.45, 2.75) is 12.7 Å². The summed E-state index contributed by atoms with van der Waals surface area (Å²) in [6.07, 6.45) is -9.67. The van der Waals surface area contributed by atoms with E-state index in [1.54, 1.807) is 0 Å². The molecule has 2 aromatic rings. The first kappa shape index (κ1) is 19.6. The molecule has 11 heteroatoms. The highest BCUT2D eigenvalue weighted by atomic mass is 32.1. The Hall–Kier alpha value is -2.69. The van der Waals surface area contributed by atoms with Crippen LogP contribution in [0.15, 0.2) is 48.5 Å². The summed E-state index contributed by atoms with van der Waals surface area (Å²) in [5.74, 6) is -0.906. The molecule has 2 rings (SSSR count). The zero-order valence-electron chi connectivity index (χ0n) is 12.6. The minimum Gasteiger partial charge on any atom is -0.406 e. The van der Waals surface area contributed by atoms with Gasteiger partial charge in [0.1, 0.15) is 11.5 Å². The van der Waals surface area contributed by atoms with Crippen LogP contribution in [0, 0.1) is 0 Å². The van der Waals surface area contributed by atoms with E-state index in [1.165, 1.54) is 24.3 Å². The average Bonchev–Trinajstić information content (AvgIpc) is 2.43. The average molecular weight is 396 g/mol. The summed E-state index contributed by atoms with van der Waals surface area (Å²) in [4.78, 5) is 0. The molecule has 0 spiro atoms. The fourth-order valence-electron chi connectivity index (χ4n) is 1.84. The molecule has 0 radical (unpaired) electrons. The van der Waals surface area contributed by atoms with Gasteiger partial charge in [0.2, 0.25) is 0 Å². The molecular weight excluding hydrogens is 386 g/mol. The molecule has 0 atom stereocenters. The number of benzene rings is 2. The van der Waals surface area contributed by atoms with Gasteiger partial charge in [-0.1, -0.05) is 12.1 Å². The van der Waals surface area contributed by atoms with Crippen LogP contribution in [0.4, 0.5) is 37.7 Å². The first-order valence-corrected chi connectivity index (χ1v) is 7.21. The Kier molecular flexibility index (Phi) is 5.80. The summed E-state index contributed by atoms with van der Waals surface area (Å²) in [5.41, 5.74) is 0.374. The molecule has 26 heavy (non-hydrogen) atoms. The summed E-state index contributed by atoms with van der Waals surface area (Å²) >= 11 is 4.98. The van der Waals surface area contributed by atoms with E-state index in [4.69, 9.17) is 12.2 Å². The number of anilines is 2. The van der Waals surface area contributed by atoms with Crippen molar-refractivity contribution in [3.8, 4) is 11.5 Å². The molecule has 4 nitrogen and oxygen atoms in total. The van der Waals surface area contributed by atoms with E-state index in [2.05, 4.69) is 20.1 Å². The number of thiocarbonyl (C=S) groups is 1. The van der Waals surface area contributed by atoms with Crippen LogP contribution in [0.25, 0.3) is 0 Å². The fraction of sp³-hybridized carbons (Fsp3) is 0.133. The Morgan fingerprint density at radius 2 is 1.12 bits per heavy atom. The van der Waals surface area contributed by atoms with Crippen LogP contribution in [-0.4, -0.2) is 17.8 Å². The minimum absolute atomic E-state index is 0.0571. The second kappa shape index (κ2) is 7.68. The molecular formula is C15H10F6N2O2S. The first-order valence-electron chi connectivity index (χ1n) is 6.80. The predicted molar refractivity (Wildman–Crippen MR) is 86.1 cm³/mol. The molecule has 0 saturated carbocycles. The molecule has 0 aliphatic heterocycles. The number of nitrogens with one attached hydrogen (secondary N) is 2. The van der Waals surface area contributed by atoms with Gasteiger partial charge in [0.15, 0.2) is 5.11 Å². The third kappa shape index (κ3) is 7.05. The van der Waals surface area contributed by atoms with Crippen LogP contribution in [0.5, 0.6) is 11.5 Å². The summed E-state index contributed by atoms with van der Waals surface area (Å²) in [6.45, 7) is 0. The molecule has 0 aromatic heterocycles. The lowest BCUT2D eigenvalue weighted by Gasteiger charge is -2.14. The Bertz CT molecular complexity index is 716. The van der Waals surface area contributed by atoms with Crippen LogP contribution in [-0.2, 0) is 0 Å². The van der Waals surface area contributed by atoms with Crippen LogP contribution in [0.2, 0.25) is 0 Å². The normalized spacial score (nSPS) is 11.6. The Morgan fingerprint density at radius 1 is 0.731 bits per heavy atom. The van der Waals surface area contributed by atoms with Crippen molar-refractivity contribution in [1.82, 2.24) is 0 Å². The zero-order chi connectivity index (χ0) is 19.4. The van der Waals surface area contributed by atoms with Gasteiger partial charge in [0, 0.05) is 23.5 Å². The lowest BCUT2D eigenvalue weighted by atomic mass is 10.3. The zero-order valence-corrected chi connectivity index (χ0v) is 13.4. The molecule has 0 aliphatic carbocycles. The van der Waals surface area contributed by atoms with Crippen molar-refractivity contribution in [3.05, 3.63) is 48.5 Å². The van der Waals surface area contributed by atoms with Crippen LogP contribution in [0.1, 0.15) is 0 Å². The van der Waals surface area contributed by atoms with Gasteiger partial charge in [-0.15, -0.1) is 26.3 Å². The topological polar surface area (TPSA) is 42.5 Å². The van der Waals surface area contributed by atoms with Gasteiger partial charge < -0.3 is 20.1 Å². The van der Waals surface area contributed by atoms with E-state index in [0.29, 0.717) is 0 Å². The maximum absolute atomic E-state index is 12.2. The van der Waals surface area contributed by atoms with E-state index >= 15 is 0 Å². The number of halogens is 6. The molecule has 0 amide bonds. The molecule has 0 unspecified atom stereocenters. The van der Waals surface area contributed by atoms with Crippen molar-refractivity contribution >= 4 is 28.7 Å². The van der Waals surface area contributed by atoms with Gasteiger partial charge in [-0.25, -0.2) is 0 Å². The van der Waals surface area contributed by atoms with Crippen molar-refractivity contribution in [2.24, 2.45) is 0 Å². The van der Waals surface area contributed by atoms with Gasteiger partial charge in [-0.05, 0) is 36.5 Å². The Balaban J connectivity index is 2.01. The van der Waals surface area contributed by atoms with Crippen molar-refractivity contribution < 1.29 is 35.8 Å². The molecule has 140 valence electrons. The number of hydrogen-bond donors (Lipinski definition) is 2. The number of ether oxygens (including phenoxy) is 2. The maximum atomic E-state index is 12.2. The van der Waals surface area contributed by atoms with Crippen molar-refractivity contribution in [1.29, 1.82) is 0 Å². The number of rotatable bonds is 4. The largest absolute Gasteiger partial charge is 0.573 e. The second-order valence-electron chi connectivity index (χ2n) is 4.73. The molecule has 2 aromatic carbocycles. The molecule has 0 saturated heterocycles. The van der Waals surface area contributed by atoms with Gasteiger partial charge >= 0.3 is 12.7 Å². The van der Waals surface area contributed by atoms with Gasteiger partial charge in [-0.2, -0.15) is 0 Å². The highest BCUT2D eigenvalue weighted by Crippen LogP contribution is 2.26. The smallest absolute Gasteiger partial charge is 0.406 e. The van der Waals surface area contributed by atoms with E-state index in [1.807, 2.05) is 0 Å². The third-order valence-electron chi connectivity index (χ3n) is 2.65. The fourth-order valence-corrected chi connectivity index (χ4v) is 2.07. The highest BCUT2D eigenvalue weighted by molar-refractivity contribution is 7.80. The third-order valence-corrected chi connectivity index (χ3v) is 2.86.